The largest absolute Gasteiger partial charge is 0.388 e. The Morgan fingerprint density at radius 2 is 0.824 bits per heavy atom. The van der Waals surface area contributed by atoms with Crippen LogP contribution in [0.1, 0.15) is 160 Å². The Labute approximate surface area is 313 Å². The molecule has 0 aliphatic heterocycles. The van der Waals surface area contributed by atoms with Gasteiger partial charge in [0.2, 0.25) is 0 Å². The molecule has 2 rings (SSSR count). The average molecular weight is 713 g/mol. The summed E-state index contributed by atoms with van der Waals surface area (Å²) < 4.78 is 24.8. The first-order chi connectivity index (χ1) is 25.0. The number of hydrogen-bond acceptors (Lipinski definition) is 6. The van der Waals surface area contributed by atoms with Crippen molar-refractivity contribution in [2.75, 3.05) is 39.6 Å². The van der Waals surface area contributed by atoms with Crippen LogP contribution in [-0.2, 0) is 24.5 Å². The summed E-state index contributed by atoms with van der Waals surface area (Å²) in [7, 11) is 0. The number of unbranched alkanes of at least 4 members (excludes halogenated alkanes) is 18. The Morgan fingerprint density at radius 1 is 0.471 bits per heavy atom. The van der Waals surface area contributed by atoms with Gasteiger partial charge in [0, 0.05) is 13.2 Å². The van der Waals surface area contributed by atoms with Crippen molar-refractivity contribution in [2.24, 2.45) is 0 Å². The fraction of sp³-hybridized carbons (Fsp3) is 0.733. The van der Waals surface area contributed by atoms with Crippen LogP contribution in [0.15, 0.2) is 60.7 Å². The smallest absolute Gasteiger partial charge is 0.144 e. The third-order valence-electron chi connectivity index (χ3n) is 9.92. The van der Waals surface area contributed by atoms with Crippen LogP contribution in [-0.4, -0.2) is 68.2 Å². The second-order valence-electron chi connectivity index (χ2n) is 14.6. The van der Waals surface area contributed by atoms with E-state index in [1.807, 2.05) is 67.6 Å². The lowest BCUT2D eigenvalue weighted by Crippen LogP contribution is -2.46. The molecule has 292 valence electrons. The molecule has 3 atom stereocenters. The zero-order valence-corrected chi connectivity index (χ0v) is 32.9. The number of aliphatic hydroxyl groups is 2. The van der Waals surface area contributed by atoms with E-state index in [0.29, 0.717) is 13.2 Å². The van der Waals surface area contributed by atoms with Gasteiger partial charge in [0.05, 0.1) is 32.5 Å². The minimum Gasteiger partial charge on any atom is -0.388 e. The van der Waals surface area contributed by atoms with Gasteiger partial charge in [0.1, 0.15) is 17.8 Å². The van der Waals surface area contributed by atoms with Crippen molar-refractivity contribution in [1.29, 1.82) is 0 Å². The lowest BCUT2D eigenvalue weighted by molar-refractivity contribution is -0.155. The molecule has 2 aromatic rings. The van der Waals surface area contributed by atoms with E-state index < -0.39 is 23.9 Å². The summed E-state index contributed by atoms with van der Waals surface area (Å²) in [5, 5.41) is 21.7. The molecule has 6 nitrogen and oxygen atoms in total. The fourth-order valence-corrected chi connectivity index (χ4v) is 6.81. The van der Waals surface area contributed by atoms with Crippen molar-refractivity contribution < 1.29 is 29.2 Å². The zero-order chi connectivity index (χ0) is 36.7. The van der Waals surface area contributed by atoms with Crippen molar-refractivity contribution in [1.82, 2.24) is 0 Å². The predicted molar refractivity (Wildman–Crippen MR) is 212 cm³/mol. The van der Waals surface area contributed by atoms with Gasteiger partial charge in [-0.3, -0.25) is 0 Å². The second kappa shape index (κ2) is 30.6. The van der Waals surface area contributed by atoms with Crippen molar-refractivity contribution in [3.8, 4) is 0 Å². The van der Waals surface area contributed by atoms with Gasteiger partial charge in [-0.05, 0) is 30.9 Å². The minimum atomic E-state index is -1.00. The van der Waals surface area contributed by atoms with Crippen LogP contribution in [0, 0.1) is 0 Å². The zero-order valence-electron chi connectivity index (χ0n) is 32.9. The lowest BCUT2D eigenvalue weighted by Gasteiger charge is -2.40. The maximum atomic E-state index is 11.0. The van der Waals surface area contributed by atoms with Gasteiger partial charge in [-0.25, -0.2) is 0 Å². The maximum Gasteiger partial charge on any atom is 0.144 e. The second-order valence-corrected chi connectivity index (χ2v) is 14.6. The highest BCUT2D eigenvalue weighted by molar-refractivity contribution is 5.38. The number of aliphatic hydroxyl groups excluding tert-OH is 2. The molecule has 0 radical (unpaired) electrons. The molecule has 0 saturated carbocycles. The van der Waals surface area contributed by atoms with Crippen molar-refractivity contribution >= 4 is 0 Å². The molecule has 0 saturated heterocycles. The SMILES string of the molecule is CCCCCCCCCCCCOCC(O)COC(C)C(OCC(O)COCCCCCCCCCCCC)(c1ccccc1)c1ccccc1. The maximum absolute atomic E-state index is 11.0. The van der Waals surface area contributed by atoms with E-state index in [1.165, 1.54) is 109 Å². The standard InChI is InChI=1S/C45H76O6/c1-4-6-8-10-12-14-16-18-20-28-34-48-36-43(46)38-50-40(3)45(41-30-24-22-25-31-41,42-32-26-23-27-33-42)51-39-44(47)37-49-35-29-21-19-17-15-13-11-9-7-5-2/h22-27,30-33,40,43-44,46-47H,4-21,28-29,34-39H2,1-3H3. The van der Waals surface area contributed by atoms with E-state index >= 15 is 0 Å². The van der Waals surface area contributed by atoms with E-state index in [-0.39, 0.29) is 26.4 Å². The number of benzene rings is 2. The van der Waals surface area contributed by atoms with Crippen LogP contribution in [0.4, 0.5) is 0 Å². The number of hydrogen-bond donors (Lipinski definition) is 2. The van der Waals surface area contributed by atoms with E-state index in [4.69, 9.17) is 18.9 Å². The van der Waals surface area contributed by atoms with Gasteiger partial charge in [-0.15, -0.1) is 0 Å². The molecule has 0 amide bonds. The summed E-state index contributed by atoms with van der Waals surface area (Å²) in [6, 6.07) is 20.1. The Bertz CT molecular complexity index is 978. The Kier molecular flexibility index (Phi) is 27.3. The van der Waals surface area contributed by atoms with Crippen LogP contribution in [0.3, 0.4) is 0 Å². The predicted octanol–water partition coefficient (Wildman–Crippen LogP) is 10.9. The first-order valence-corrected chi connectivity index (χ1v) is 20.9. The topological polar surface area (TPSA) is 77.4 Å². The van der Waals surface area contributed by atoms with Gasteiger partial charge in [0.25, 0.3) is 0 Å². The van der Waals surface area contributed by atoms with E-state index in [1.54, 1.807) is 0 Å². The number of rotatable bonds is 35. The van der Waals surface area contributed by atoms with Gasteiger partial charge in [-0.2, -0.15) is 0 Å². The van der Waals surface area contributed by atoms with E-state index in [2.05, 4.69) is 13.8 Å². The van der Waals surface area contributed by atoms with Gasteiger partial charge < -0.3 is 29.2 Å². The Hall–Kier alpha value is -1.80. The summed E-state index contributed by atoms with van der Waals surface area (Å²) in [6.45, 7) is 8.47. The average Bonchev–Trinajstić information content (AvgIpc) is 3.16. The van der Waals surface area contributed by atoms with Crippen LogP contribution < -0.4 is 0 Å². The molecule has 3 unspecified atom stereocenters. The molecule has 2 N–H and O–H groups in total. The molecule has 2 aromatic carbocycles. The first kappa shape index (κ1) is 45.4. The van der Waals surface area contributed by atoms with Gasteiger partial charge in [-0.1, -0.05) is 190 Å². The summed E-state index contributed by atoms with van der Waals surface area (Å²) >= 11 is 0. The molecule has 0 bridgehead atoms. The third-order valence-corrected chi connectivity index (χ3v) is 9.92. The summed E-state index contributed by atoms with van der Waals surface area (Å²) in [5.74, 6) is 0. The van der Waals surface area contributed by atoms with Crippen molar-refractivity contribution in [3.63, 3.8) is 0 Å². The highest BCUT2D eigenvalue weighted by Crippen LogP contribution is 2.39. The van der Waals surface area contributed by atoms with E-state index in [9.17, 15) is 10.2 Å². The van der Waals surface area contributed by atoms with Crippen LogP contribution in [0.2, 0.25) is 0 Å². The molecular formula is C45H76O6. The van der Waals surface area contributed by atoms with Crippen LogP contribution >= 0.6 is 0 Å². The van der Waals surface area contributed by atoms with E-state index in [0.717, 1.165) is 30.4 Å². The third kappa shape index (κ3) is 20.3. The summed E-state index contributed by atoms with van der Waals surface area (Å²) in [4.78, 5) is 0. The quantitative estimate of drug-likeness (QED) is 0.0693. The number of ether oxygens (including phenoxy) is 4. The lowest BCUT2D eigenvalue weighted by atomic mass is 9.81. The van der Waals surface area contributed by atoms with Crippen LogP contribution in [0.25, 0.3) is 0 Å². The van der Waals surface area contributed by atoms with Gasteiger partial charge >= 0.3 is 0 Å². The molecular weight excluding hydrogens is 636 g/mol. The first-order valence-electron chi connectivity index (χ1n) is 20.9. The Morgan fingerprint density at radius 3 is 1.22 bits per heavy atom. The Balaban J connectivity index is 1.81. The molecule has 0 heterocycles. The molecule has 0 fully saturated rings. The van der Waals surface area contributed by atoms with Gasteiger partial charge in [0.15, 0.2) is 0 Å². The molecule has 0 aliphatic rings. The molecule has 51 heavy (non-hydrogen) atoms. The monoisotopic (exact) mass is 713 g/mol. The highest BCUT2D eigenvalue weighted by Gasteiger charge is 2.42. The van der Waals surface area contributed by atoms with Crippen molar-refractivity contribution in [3.05, 3.63) is 71.8 Å². The molecule has 0 aromatic heterocycles. The summed E-state index contributed by atoms with van der Waals surface area (Å²) in [5.41, 5.74) is 0.846. The van der Waals surface area contributed by atoms with Crippen LogP contribution in [0.5, 0.6) is 0 Å². The minimum absolute atomic E-state index is 0.0834. The fourth-order valence-electron chi connectivity index (χ4n) is 6.81. The molecule has 0 spiro atoms. The molecule has 0 aliphatic carbocycles. The summed E-state index contributed by atoms with van der Waals surface area (Å²) in [6.07, 6.45) is 23.7. The normalized spacial score (nSPS) is 13.7. The van der Waals surface area contributed by atoms with Crippen molar-refractivity contribution in [2.45, 2.75) is 173 Å². The molecule has 6 heteroatoms. The highest BCUT2D eigenvalue weighted by atomic mass is 16.6.